The van der Waals surface area contributed by atoms with Crippen molar-refractivity contribution in [3.63, 3.8) is 0 Å². The monoisotopic (exact) mass is 480 g/mol. The molecule has 1 atom stereocenters. The molecule has 10 heteroatoms. The first-order chi connectivity index (χ1) is 15.3. The average molecular weight is 481 g/mol. The van der Waals surface area contributed by atoms with Crippen molar-refractivity contribution in [2.24, 2.45) is 5.92 Å². The Morgan fingerprint density at radius 1 is 1.19 bits per heavy atom. The number of piperidine rings is 1. The molecule has 1 aliphatic rings. The minimum absolute atomic E-state index is 0.0545. The number of methoxy groups -OCH3 is 1. The molecule has 0 radical (unpaired) electrons. The first kappa shape index (κ1) is 24.0. The Balaban J connectivity index is 1.68. The third kappa shape index (κ3) is 5.40. The van der Waals surface area contributed by atoms with E-state index in [9.17, 15) is 18.0 Å². The van der Waals surface area contributed by atoms with E-state index in [2.05, 4.69) is 5.32 Å². The number of esters is 1. The molecule has 0 saturated carbocycles. The summed E-state index contributed by atoms with van der Waals surface area (Å²) < 4.78 is 37.5. The number of halogens is 1. The molecule has 1 heterocycles. The summed E-state index contributed by atoms with van der Waals surface area (Å²) in [4.78, 5) is 24.6. The number of rotatable bonds is 7. The summed E-state index contributed by atoms with van der Waals surface area (Å²) in [5, 5.41) is 3.00. The lowest BCUT2D eigenvalue weighted by Gasteiger charge is -2.31. The lowest BCUT2D eigenvalue weighted by Crippen LogP contribution is -2.43. The molecule has 172 valence electrons. The number of sulfonamides is 1. The van der Waals surface area contributed by atoms with E-state index >= 15 is 0 Å². The number of carbonyl (C=O) groups is 2. The fourth-order valence-electron chi connectivity index (χ4n) is 3.48. The molecule has 32 heavy (non-hydrogen) atoms. The quantitative estimate of drug-likeness (QED) is 0.608. The number of anilines is 1. The van der Waals surface area contributed by atoms with Crippen molar-refractivity contribution in [2.75, 3.05) is 32.1 Å². The molecule has 0 unspecified atom stereocenters. The second-order valence-corrected chi connectivity index (χ2v) is 9.63. The van der Waals surface area contributed by atoms with Crippen LogP contribution >= 0.6 is 11.6 Å². The van der Waals surface area contributed by atoms with Crippen LogP contribution in [0.25, 0.3) is 0 Å². The normalized spacial score (nSPS) is 16.9. The van der Waals surface area contributed by atoms with Gasteiger partial charge in [-0.05, 0) is 62.2 Å². The first-order valence-corrected chi connectivity index (χ1v) is 12.0. The molecule has 3 rings (SSSR count). The molecule has 1 amide bonds. The molecular weight excluding hydrogens is 456 g/mol. The summed E-state index contributed by atoms with van der Waals surface area (Å²) in [6.07, 6.45) is 1.13. The fourth-order valence-corrected chi connectivity index (χ4v) is 5.35. The Bertz CT molecular complexity index is 1090. The van der Waals surface area contributed by atoms with Crippen molar-refractivity contribution in [1.82, 2.24) is 4.31 Å². The minimum Gasteiger partial charge on any atom is -0.495 e. The second-order valence-electron chi connectivity index (χ2n) is 7.29. The van der Waals surface area contributed by atoms with Gasteiger partial charge in [-0.3, -0.25) is 4.79 Å². The molecule has 2 aromatic rings. The molecule has 1 N–H and O–H groups in total. The van der Waals surface area contributed by atoms with Gasteiger partial charge in [0.2, 0.25) is 15.9 Å². The Labute approximate surface area is 192 Å². The second kappa shape index (κ2) is 10.3. The van der Waals surface area contributed by atoms with Crippen LogP contribution in [0.5, 0.6) is 5.75 Å². The summed E-state index contributed by atoms with van der Waals surface area (Å²) in [6, 6.07) is 10.7. The van der Waals surface area contributed by atoms with Gasteiger partial charge in [-0.1, -0.05) is 11.6 Å². The predicted molar refractivity (Wildman–Crippen MR) is 121 cm³/mol. The number of nitrogens with zero attached hydrogens (tertiary/aromatic N) is 1. The number of carbonyl (C=O) groups excluding carboxylic acids is 2. The van der Waals surface area contributed by atoms with Gasteiger partial charge in [0.1, 0.15) is 5.75 Å². The van der Waals surface area contributed by atoms with Gasteiger partial charge in [0, 0.05) is 18.8 Å². The maximum absolute atomic E-state index is 13.1. The van der Waals surface area contributed by atoms with Crippen LogP contribution in [0.1, 0.15) is 30.1 Å². The van der Waals surface area contributed by atoms with E-state index in [1.807, 2.05) is 0 Å². The van der Waals surface area contributed by atoms with E-state index in [1.165, 1.54) is 29.6 Å². The number of hydrogen-bond donors (Lipinski definition) is 1. The largest absolute Gasteiger partial charge is 0.495 e. The number of amides is 1. The lowest BCUT2D eigenvalue weighted by molar-refractivity contribution is -0.120. The van der Waals surface area contributed by atoms with Crippen molar-refractivity contribution in [3.8, 4) is 5.75 Å². The summed E-state index contributed by atoms with van der Waals surface area (Å²) in [5.41, 5.74) is 0.905. The van der Waals surface area contributed by atoms with Gasteiger partial charge in [-0.15, -0.1) is 0 Å². The van der Waals surface area contributed by atoms with Crippen LogP contribution in [0.3, 0.4) is 0 Å². The van der Waals surface area contributed by atoms with E-state index in [4.69, 9.17) is 21.1 Å². The minimum atomic E-state index is -3.81. The molecule has 1 fully saturated rings. The van der Waals surface area contributed by atoms with Crippen molar-refractivity contribution in [1.29, 1.82) is 0 Å². The smallest absolute Gasteiger partial charge is 0.338 e. The third-order valence-electron chi connectivity index (χ3n) is 5.18. The van der Waals surface area contributed by atoms with E-state index in [0.29, 0.717) is 36.4 Å². The highest BCUT2D eigenvalue weighted by atomic mass is 35.5. The summed E-state index contributed by atoms with van der Waals surface area (Å²) in [6.45, 7) is 2.40. The molecule has 2 aromatic carbocycles. The van der Waals surface area contributed by atoms with Crippen LogP contribution in [0.15, 0.2) is 47.4 Å². The molecule has 0 aliphatic carbocycles. The molecule has 1 saturated heterocycles. The fraction of sp³-hybridized carbons (Fsp3) is 0.364. The van der Waals surface area contributed by atoms with E-state index in [1.54, 1.807) is 31.2 Å². The zero-order chi connectivity index (χ0) is 23.3. The molecule has 0 spiro atoms. The van der Waals surface area contributed by atoms with Crippen molar-refractivity contribution < 1.29 is 27.5 Å². The topological polar surface area (TPSA) is 102 Å². The maximum Gasteiger partial charge on any atom is 0.338 e. The number of nitrogens with one attached hydrogen (secondary N) is 1. The van der Waals surface area contributed by atoms with E-state index in [-0.39, 0.29) is 29.0 Å². The molecule has 0 aromatic heterocycles. The van der Waals surface area contributed by atoms with Gasteiger partial charge in [-0.25, -0.2) is 13.2 Å². The Hall–Kier alpha value is -2.62. The lowest BCUT2D eigenvalue weighted by atomic mass is 9.98. The SMILES string of the molecule is CCOC(=O)c1ccc(NC(=O)[C@@H]2CCCN(S(=O)(=O)c3ccc(OC)c(Cl)c3)C2)cc1. The van der Waals surface area contributed by atoms with Crippen molar-refractivity contribution in [2.45, 2.75) is 24.7 Å². The third-order valence-corrected chi connectivity index (χ3v) is 7.34. The highest BCUT2D eigenvalue weighted by Crippen LogP contribution is 2.30. The zero-order valence-electron chi connectivity index (χ0n) is 17.8. The van der Waals surface area contributed by atoms with Crippen LogP contribution in [-0.4, -0.2) is 51.4 Å². The molecule has 8 nitrogen and oxygen atoms in total. The van der Waals surface area contributed by atoms with E-state index in [0.717, 1.165) is 0 Å². The van der Waals surface area contributed by atoms with Gasteiger partial charge < -0.3 is 14.8 Å². The Morgan fingerprint density at radius 3 is 2.53 bits per heavy atom. The molecular formula is C22H25ClN2O6S. The van der Waals surface area contributed by atoms with Crippen molar-refractivity contribution >= 4 is 39.2 Å². The number of ether oxygens (including phenoxy) is 2. The number of hydrogen-bond acceptors (Lipinski definition) is 6. The van der Waals surface area contributed by atoms with E-state index < -0.39 is 21.9 Å². The Kier molecular flexibility index (Phi) is 7.76. The predicted octanol–water partition coefficient (Wildman–Crippen LogP) is 3.56. The summed E-state index contributed by atoms with van der Waals surface area (Å²) in [7, 11) is -2.36. The Morgan fingerprint density at radius 2 is 1.91 bits per heavy atom. The van der Waals surface area contributed by atoms with Crippen LogP contribution in [0.2, 0.25) is 5.02 Å². The molecule has 1 aliphatic heterocycles. The van der Waals surface area contributed by atoms with Crippen LogP contribution in [0.4, 0.5) is 5.69 Å². The maximum atomic E-state index is 13.1. The van der Waals surface area contributed by atoms with Gasteiger partial charge >= 0.3 is 5.97 Å². The van der Waals surface area contributed by atoms with Gasteiger partial charge in [0.15, 0.2) is 0 Å². The summed E-state index contributed by atoms with van der Waals surface area (Å²) in [5.74, 6) is -0.828. The van der Waals surface area contributed by atoms with Crippen LogP contribution in [0, 0.1) is 5.92 Å². The average Bonchev–Trinajstić information content (AvgIpc) is 2.79. The van der Waals surface area contributed by atoms with Gasteiger partial charge in [0.05, 0.1) is 35.1 Å². The van der Waals surface area contributed by atoms with Gasteiger partial charge in [-0.2, -0.15) is 4.31 Å². The van der Waals surface area contributed by atoms with Crippen LogP contribution < -0.4 is 10.1 Å². The summed E-state index contributed by atoms with van der Waals surface area (Å²) >= 11 is 6.09. The molecule has 0 bridgehead atoms. The zero-order valence-corrected chi connectivity index (χ0v) is 19.4. The first-order valence-electron chi connectivity index (χ1n) is 10.2. The highest BCUT2D eigenvalue weighted by Gasteiger charge is 2.33. The van der Waals surface area contributed by atoms with Crippen LogP contribution in [-0.2, 0) is 19.6 Å². The van der Waals surface area contributed by atoms with Gasteiger partial charge in [0.25, 0.3) is 0 Å². The highest BCUT2D eigenvalue weighted by molar-refractivity contribution is 7.89. The standard InChI is InChI=1S/C22H25ClN2O6S/c1-3-31-22(27)15-6-8-17(9-7-15)24-21(26)16-5-4-12-25(14-16)32(28,29)18-10-11-20(30-2)19(23)13-18/h6-11,13,16H,3-5,12,14H2,1-2H3,(H,24,26)/t16-/m1/s1. The van der Waals surface area contributed by atoms with Crippen molar-refractivity contribution in [3.05, 3.63) is 53.1 Å². The number of benzene rings is 2.